The molecular formula is C25H23N7O4S. The van der Waals surface area contributed by atoms with Gasteiger partial charge in [-0.1, -0.05) is 24.0 Å². The summed E-state index contributed by atoms with van der Waals surface area (Å²) >= 11 is 1.23. The molecule has 0 aliphatic carbocycles. The Hall–Kier alpha value is -4.76. The Morgan fingerprint density at radius 1 is 1.11 bits per heavy atom. The molecule has 5 N–H and O–H groups in total. The first-order chi connectivity index (χ1) is 17.8. The quantitative estimate of drug-likeness (QED) is 0.222. The third-order valence-corrected chi connectivity index (χ3v) is 6.22. The molecule has 3 heterocycles. The third kappa shape index (κ3) is 6.09. The summed E-state index contributed by atoms with van der Waals surface area (Å²) in [4.78, 5) is 45.8. The largest absolute Gasteiger partial charge is 0.480 e. The van der Waals surface area contributed by atoms with E-state index in [1.807, 2.05) is 18.2 Å². The van der Waals surface area contributed by atoms with Crippen LogP contribution in [0.4, 0.5) is 5.95 Å². The van der Waals surface area contributed by atoms with Crippen LogP contribution in [-0.4, -0.2) is 62.2 Å². The van der Waals surface area contributed by atoms with Gasteiger partial charge >= 0.3 is 5.97 Å². The van der Waals surface area contributed by atoms with E-state index >= 15 is 0 Å². The van der Waals surface area contributed by atoms with Gasteiger partial charge in [0.25, 0.3) is 11.8 Å². The van der Waals surface area contributed by atoms with Crippen LogP contribution in [0.1, 0.15) is 37.0 Å². The Morgan fingerprint density at radius 3 is 2.59 bits per heavy atom. The number of carbonyl (C=O) groups is 3. The molecule has 0 spiro atoms. The number of anilines is 1. The Kier molecular flexibility index (Phi) is 7.75. The molecule has 2 amide bonds. The summed E-state index contributed by atoms with van der Waals surface area (Å²) in [6.07, 6.45) is 1.72. The summed E-state index contributed by atoms with van der Waals surface area (Å²) in [7, 11) is 0. The molecule has 0 aliphatic rings. The fourth-order valence-electron chi connectivity index (χ4n) is 3.58. The Balaban J connectivity index is 1.38. The first kappa shape index (κ1) is 25.3. The van der Waals surface area contributed by atoms with E-state index in [0.717, 1.165) is 16.5 Å². The van der Waals surface area contributed by atoms with Crippen LogP contribution in [0.5, 0.6) is 0 Å². The van der Waals surface area contributed by atoms with Crippen molar-refractivity contribution < 1.29 is 19.5 Å². The highest BCUT2D eigenvalue weighted by atomic mass is 32.1. The molecular weight excluding hydrogens is 494 g/mol. The van der Waals surface area contributed by atoms with Crippen molar-refractivity contribution in [3.05, 3.63) is 69.3 Å². The minimum atomic E-state index is -1.33. The Bertz CT molecular complexity index is 1500. The minimum Gasteiger partial charge on any atom is -0.480 e. The highest BCUT2D eigenvalue weighted by Crippen LogP contribution is 2.15. The second kappa shape index (κ2) is 11.3. The zero-order valence-electron chi connectivity index (χ0n) is 20.0. The van der Waals surface area contributed by atoms with Gasteiger partial charge in [-0.2, -0.15) is 5.10 Å². The number of rotatable bonds is 8. The van der Waals surface area contributed by atoms with Crippen LogP contribution in [0.3, 0.4) is 0 Å². The number of thiophene rings is 1. The summed E-state index contributed by atoms with van der Waals surface area (Å²) in [5.41, 5.74) is 2.65. The van der Waals surface area contributed by atoms with Crippen molar-refractivity contribution in [2.24, 2.45) is 0 Å². The van der Waals surface area contributed by atoms with Gasteiger partial charge in [0.05, 0.1) is 40.1 Å². The molecule has 1 aromatic carbocycles. The number of nitrogens with zero attached hydrogens (tertiary/aromatic N) is 3. The van der Waals surface area contributed by atoms with Gasteiger partial charge < -0.3 is 21.1 Å². The van der Waals surface area contributed by atoms with Crippen molar-refractivity contribution in [1.82, 2.24) is 30.8 Å². The molecule has 12 heteroatoms. The number of carboxylic acids is 1. The molecule has 0 unspecified atom stereocenters. The maximum absolute atomic E-state index is 12.9. The number of aromatic nitrogens is 4. The maximum atomic E-state index is 12.9. The highest BCUT2D eigenvalue weighted by Gasteiger charge is 2.24. The van der Waals surface area contributed by atoms with Gasteiger partial charge in [0.2, 0.25) is 5.95 Å². The molecule has 4 aromatic rings. The lowest BCUT2D eigenvalue weighted by Crippen LogP contribution is -2.48. The zero-order chi connectivity index (χ0) is 26.4. The average Bonchev–Trinajstić information content (AvgIpc) is 3.56. The number of hydrogen-bond donors (Lipinski definition) is 5. The van der Waals surface area contributed by atoms with Crippen molar-refractivity contribution >= 4 is 46.0 Å². The van der Waals surface area contributed by atoms with E-state index in [0.29, 0.717) is 22.2 Å². The molecule has 0 saturated heterocycles. The van der Waals surface area contributed by atoms with Crippen LogP contribution in [0.25, 0.3) is 10.9 Å². The number of benzene rings is 1. The van der Waals surface area contributed by atoms with Crippen molar-refractivity contribution in [2.45, 2.75) is 19.9 Å². The zero-order valence-corrected chi connectivity index (χ0v) is 20.8. The molecule has 0 aliphatic heterocycles. The molecule has 3 aromatic heterocycles. The van der Waals surface area contributed by atoms with Crippen molar-refractivity contribution in [1.29, 1.82) is 0 Å². The number of H-pyrrole nitrogens is 1. The summed E-state index contributed by atoms with van der Waals surface area (Å²) in [6.45, 7) is 3.26. The first-order valence-corrected chi connectivity index (χ1v) is 12.1. The fourth-order valence-corrected chi connectivity index (χ4v) is 4.22. The second-order valence-electron chi connectivity index (χ2n) is 7.94. The molecule has 11 nitrogen and oxygen atoms in total. The number of aromatic amines is 1. The molecule has 4 rings (SSSR count). The van der Waals surface area contributed by atoms with E-state index < -0.39 is 23.8 Å². The Labute approximate surface area is 215 Å². The number of hydrogen-bond acceptors (Lipinski definition) is 8. The number of carboxylic acid groups (broad SMARTS) is 1. The second-order valence-corrected chi connectivity index (χ2v) is 8.88. The summed E-state index contributed by atoms with van der Waals surface area (Å²) < 4.78 is 0. The van der Waals surface area contributed by atoms with Crippen molar-refractivity contribution in [2.75, 3.05) is 18.4 Å². The summed E-state index contributed by atoms with van der Waals surface area (Å²) in [5.74, 6) is 4.06. The van der Waals surface area contributed by atoms with Crippen LogP contribution >= 0.6 is 11.3 Å². The average molecular weight is 518 g/mol. The number of carbonyl (C=O) groups excluding carboxylic acids is 2. The number of fused-ring (bicyclic) bond motifs is 1. The fraction of sp³-hybridized carbons (Fsp3) is 0.200. The number of aliphatic carboxylic acids is 1. The van der Waals surface area contributed by atoms with E-state index in [1.54, 1.807) is 37.6 Å². The van der Waals surface area contributed by atoms with Gasteiger partial charge in [-0.15, -0.1) is 11.3 Å². The smallest absolute Gasteiger partial charge is 0.328 e. The van der Waals surface area contributed by atoms with E-state index in [1.165, 1.54) is 11.3 Å². The van der Waals surface area contributed by atoms with Crippen molar-refractivity contribution in [3.63, 3.8) is 0 Å². The lowest BCUT2D eigenvalue weighted by molar-refractivity contribution is -0.139. The molecule has 0 saturated carbocycles. The van der Waals surface area contributed by atoms with Gasteiger partial charge in [0.15, 0.2) is 0 Å². The predicted molar refractivity (Wildman–Crippen MR) is 139 cm³/mol. The Morgan fingerprint density at radius 2 is 1.89 bits per heavy atom. The first-order valence-electron chi connectivity index (χ1n) is 11.2. The molecule has 188 valence electrons. The summed E-state index contributed by atoms with van der Waals surface area (Å²) in [6, 6.07) is 7.73. The summed E-state index contributed by atoms with van der Waals surface area (Å²) in [5, 5.41) is 27.1. The van der Waals surface area contributed by atoms with Gasteiger partial charge in [-0.05, 0) is 37.4 Å². The SMILES string of the molecule is Cc1nc(NCC#Cc2cccc3[nH]ncc23)nc(C)c1C(=O)N[C@@H](CNC(=O)c1cccs1)C(=O)O. The normalized spacial score (nSPS) is 11.3. The van der Waals surface area contributed by atoms with Crippen LogP contribution < -0.4 is 16.0 Å². The lowest BCUT2D eigenvalue weighted by Gasteiger charge is -2.17. The van der Waals surface area contributed by atoms with Crippen LogP contribution in [-0.2, 0) is 4.79 Å². The molecule has 0 bridgehead atoms. The van der Waals surface area contributed by atoms with E-state index in [-0.39, 0.29) is 18.7 Å². The molecule has 1 atom stereocenters. The van der Waals surface area contributed by atoms with Crippen molar-refractivity contribution in [3.8, 4) is 11.8 Å². The van der Waals surface area contributed by atoms with E-state index in [2.05, 4.69) is 48.0 Å². The van der Waals surface area contributed by atoms with Gasteiger partial charge in [0.1, 0.15) is 6.04 Å². The maximum Gasteiger partial charge on any atom is 0.328 e. The highest BCUT2D eigenvalue weighted by molar-refractivity contribution is 7.12. The predicted octanol–water partition coefficient (Wildman–Crippen LogP) is 2.11. The number of amides is 2. The van der Waals surface area contributed by atoms with Gasteiger partial charge in [-0.3, -0.25) is 14.7 Å². The van der Waals surface area contributed by atoms with E-state index in [9.17, 15) is 19.5 Å². The van der Waals surface area contributed by atoms with Gasteiger partial charge in [0, 0.05) is 17.5 Å². The van der Waals surface area contributed by atoms with Gasteiger partial charge in [-0.25, -0.2) is 14.8 Å². The lowest BCUT2D eigenvalue weighted by atomic mass is 10.1. The van der Waals surface area contributed by atoms with Crippen LogP contribution in [0.2, 0.25) is 0 Å². The van der Waals surface area contributed by atoms with E-state index in [4.69, 9.17) is 0 Å². The molecule has 0 fully saturated rings. The molecule has 37 heavy (non-hydrogen) atoms. The number of nitrogens with one attached hydrogen (secondary N) is 4. The monoisotopic (exact) mass is 517 g/mol. The number of aryl methyl sites for hydroxylation is 2. The minimum absolute atomic E-state index is 0.166. The topological polar surface area (TPSA) is 162 Å². The third-order valence-electron chi connectivity index (χ3n) is 5.36. The molecule has 0 radical (unpaired) electrons. The standard InChI is InChI=1S/C25H23N7O4S/c1-14-21(23(34)31-19(24(35)36)13-27-22(33)20-9-5-11-37-20)15(2)30-25(29-14)26-10-4-7-16-6-3-8-18-17(16)12-28-32-18/h3,5-6,8-9,11-12,19H,10,13H2,1-2H3,(H,27,33)(H,28,32)(H,31,34)(H,35,36)(H,26,29,30)/t19-/m0/s1. The van der Waals surface area contributed by atoms with Crippen LogP contribution in [0.15, 0.2) is 41.9 Å². The van der Waals surface area contributed by atoms with Crippen LogP contribution in [0, 0.1) is 25.7 Å².